The zero-order chi connectivity index (χ0) is 17.9. The molecule has 0 unspecified atom stereocenters. The van der Waals surface area contributed by atoms with Crippen LogP contribution in [0.25, 0.3) is 0 Å². The SMILES string of the molecule is CCCCCCCOc1ccc2c(c1OCCCCCCC)N=[N+]2[O-]. The Kier molecular flexibility index (Phi) is 8.56. The highest BCUT2D eigenvalue weighted by molar-refractivity contribution is 5.73. The second kappa shape index (κ2) is 11.0. The molecule has 1 heterocycles. The van der Waals surface area contributed by atoms with Gasteiger partial charge < -0.3 is 14.7 Å². The van der Waals surface area contributed by atoms with E-state index in [1.165, 1.54) is 51.4 Å². The van der Waals surface area contributed by atoms with E-state index in [9.17, 15) is 5.21 Å². The van der Waals surface area contributed by atoms with Gasteiger partial charge in [-0.1, -0.05) is 65.2 Å². The van der Waals surface area contributed by atoms with Crippen LogP contribution in [0.3, 0.4) is 0 Å². The summed E-state index contributed by atoms with van der Waals surface area (Å²) in [6.45, 7) is 5.74. The minimum atomic E-state index is 0.566. The topological polar surface area (TPSA) is 56.9 Å². The molecule has 0 saturated heterocycles. The van der Waals surface area contributed by atoms with Gasteiger partial charge in [0, 0.05) is 11.2 Å². The van der Waals surface area contributed by atoms with Gasteiger partial charge in [0.15, 0.2) is 11.5 Å². The van der Waals surface area contributed by atoms with E-state index in [1.54, 1.807) is 6.07 Å². The number of hydrogen-bond donors (Lipinski definition) is 0. The maximum Gasteiger partial charge on any atom is 0.280 e. The lowest BCUT2D eigenvalue weighted by Crippen LogP contribution is -2.07. The number of fused-ring (bicyclic) bond motifs is 1. The maximum absolute atomic E-state index is 11.4. The zero-order valence-corrected chi connectivity index (χ0v) is 15.8. The second-order valence-electron chi connectivity index (χ2n) is 6.66. The molecule has 0 aromatic heterocycles. The number of unbranched alkanes of at least 4 members (excludes halogenated alkanes) is 8. The first-order valence-corrected chi connectivity index (χ1v) is 9.89. The molecule has 25 heavy (non-hydrogen) atoms. The van der Waals surface area contributed by atoms with Crippen molar-refractivity contribution in [1.29, 1.82) is 0 Å². The van der Waals surface area contributed by atoms with Crippen LogP contribution in [0, 0.1) is 5.21 Å². The van der Waals surface area contributed by atoms with E-state index >= 15 is 0 Å². The van der Waals surface area contributed by atoms with Crippen molar-refractivity contribution in [2.24, 2.45) is 5.11 Å². The van der Waals surface area contributed by atoms with Crippen molar-refractivity contribution in [2.75, 3.05) is 13.2 Å². The molecule has 0 N–H and O–H groups in total. The molecule has 0 atom stereocenters. The summed E-state index contributed by atoms with van der Waals surface area (Å²) in [5.74, 6) is 1.34. The Morgan fingerprint density at radius 1 is 0.840 bits per heavy atom. The average molecular weight is 348 g/mol. The lowest BCUT2D eigenvalue weighted by atomic mass is 10.1. The van der Waals surface area contributed by atoms with Crippen molar-refractivity contribution < 1.29 is 14.3 Å². The Morgan fingerprint density at radius 2 is 1.44 bits per heavy atom. The summed E-state index contributed by atoms with van der Waals surface area (Å²) in [4.78, 5) is 0.637. The minimum Gasteiger partial charge on any atom is -0.594 e. The zero-order valence-electron chi connectivity index (χ0n) is 15.8. The van der Waals surface area contributed by atoms with Crippen LogP contribution < -0.4 is 9.47 Å². The van der Waals surface area contributed by atoms with Crippen LogP contribution in [0.5, 0.6) is 11.5 Å². The summed E-state index contributed by atoms with van der Waals surface area (Å²) in [5.41, 5.74) is 1.20. The molecule has 140 valence electrons. The van der Waals surface area contributed by atoms with E-state index in [-0.39, 0.29) is 0 Å². The Balaban J connectivity index is 1.83. The number of azo groups is 1. The van der Waals surface area contributed by atoms with Crippen molar-refractivity contribution in [1.82, 2.24) is 0 Å². The van der Waals surface area contributed by atoms with Gasteiger partial charge in [-0.2, -0.15) is 0 Å². The first-order valence-electron chi connectivity index (χ1n) is 9.89. The van der Waals surface area contributed by atoms with E-state index in [2.05, 4.69) is 19.0 Å². The third-order valence-electron chi connectivity index (χ3n) is 4.47. The van der Waals surface area contributed by atoms with E-state index in [1.807, 2.05) is 6.07 Å². The van der Waals surface area contributed by atoms with Gasteiger partial charge in [-0.3, -0.25) is 0 Å². The summed E-state index contributed by atoms with van der Waals surface area (Å²) < 4.78 is 11.9. The Hall–Kier alpha value is -1.78. The van der Waals surface area contributed by atoms with Gasteiger partial charge in [0.05, 0.1) is 13.2 Å². The highest BCUT2D eigenvalue weighted by atomic mass is 16.5. The van der Waals surface area contributed by atoms with Crippen molar-refractivity contribution >= 4 is 11.4 Å². The van der Waals surface area contributed by atoms with E-state index in [0.717, 1.165) is 12.8 Å². The van der Waals surface area contributed by atoms with Gasteiger partial charge in [0.1, 0.15) is 0 Å². The lowest BCUT2D eigenvalue weighted by Gasteiger charge is -2.18. The van der Waals surface area contributed by atoms with Crippen LogP contribution in [0.15, 0.2) is 17.2 Å². The largest absolute Gasteiger partial charge is 0.594 e. The molecule has 1 aromatic rings. The van der Waals surface area contributed by atoms with Crippen molar-refractivity contribution in [3.8, 4) is 11.5 Å². The molecule has 5 heteroatoms. The van der Waals surface area contributed by atoms with Crippen LogP contribution in [0.4, 0.5) is 11.4 Å². The van der Waals surface area contributed by atoms with Crippen LogP contribution in [0.2, 0.25) is 0 Å². The van der Waals surface area contributed by atoms with Crippen LogP contribution in [-0.2, 0) is 0 Å². The molecule has 0 saturated carbocycles. The van der Waals surface area contributed by atoms with Crippen LogP contribution in [0.1, 0.15) is 78.1 Å². The Labute approximate surface area is 151 Å². The fourth-order valence-electron chi connectivity index (χ4n) is 2.91. The molecule has 0 amide bonds. The number of rotatable bonds is 14. The standard InChI is InChI=1S/C20H32N2O3/c1-3-5-7-9-11-15-24-18-14-13-17-19(21-22(17)23)20(18)25-16-12-10-8-6-4-2/h13-14H,3-12,15-16H2,1-2H3. The van der Waals surface area contributed by atoms with Crippen molar-refractivity contribution in [3.05, 3.63) is 17.3 Å². The predicted octanol–water partition coefficient (Wildman–Crippen LogP) is 6.62. The molecular weight excluding hydrogens is 316 g/mol. The molecule has 1 aliphatic rings. The summed E-state index contributed by atoms with van der Waals surface area (Å²) in [6.07, 6.45) is 11.9. The van der Waals surface area contributed by atoms with Gasteiger partial charge in [0.2, 0.25) is 0 Å². The Morgan fingerprint density at radius 3 is 2.04 bits per heavy atom. The fourth-order valence-corrected chi connectivity index (χ4v) is 2.91. The van der Waals surface area contributed by atoms with E-state index < -0.39 is 0 Å². The summed E-state index contributed by atoms with van der Waals surface area (Å²) >= 11 is 0. The maximum atomic E-state index is 11.4. The highest BCUT2D eigenvalue weighted by Gasteiger charge is 2.31. The van der Waals surface area contributed by atoms with Crippen LogP contribution in [-0.4, -0.2) is 18.1 Å². The molecule has 5 nitrogen and oxygen atoms in total. The summed E-state index contributed by atoms with van der Waals surface area (Å²) in [7, 11) is 0. The van der Waals surface area contributed by atoms with Gasteiger partial charge in [0.25, 0.3) is 11.4 Å². The number of nitrogens with zero attached hydrogens (tertiary/aromatic N) is 2. The summed E-state index contributed by atoms with van der Waals surface area (Å²) in [6, 6.07) is 3.59. The molecule has 1 aliphatic heterocycles. The third-order valence-corrected chi connectivity index (χ3v) is 4.47. The highest BCUT2D eigenvalue weighted by Crippen LogP contribution is 2.49. The van der Waals surface area contributed by atoms with Crippen molar-refractivity contribution in [2.45, 2.75) is 78.1 Å². The molecule has 0 radical (unpaired) electrons. The Bertz CT molecular complexity index is 558. The number of hydrogen-bond acceptors (Lipinski definition) is 4. The first kappa shape index (κ1) is 19.5. The molecular formula is C20H32N2O3. The van der Waals surface area contributed by atoms with Gasteiger partial charge in [-0.05, 0) is 23.8 Å². The fraction of sp³-hybridized carbons (Fsp3) is 0.700. The summed E-state index contributed by atoms with van der Waals surface area (Å²) in [5, 5.41) is 15.4. The molecule has 0 aliphatic carbocycles. The molecule has 2 rings (SSSR count). The molecule has 0 spiro atoms. The molecule has 0 fully saturated rings. The molecule has 1 aromatic carbocycles. The molecule has 0 bridgehead atoms. The minimum absolute atomic E-state index is 0.566. The van der Waals surface area contributed by atoms with E-state index in [4.69, 9.17) is 9.47 Å². The monoisotopic (exact) mass is 348 g/mol. The third kappa shape index (κ3) is 5.91. The lowest BCUT2D eigenvalue weighted by molar-refractivity contribution is -0.454. The smallest absolute Gasteiger partial charge is 0.280 e. The predicted molar refractivity (Wildman–Crippen MR) is 100 cm³/mol. The second-order valence-corrected chi connectivity index (χ2v) is 6.66. The van der Waals surface area contributed by atoms with E-state index in [0.29, 0.717) is 40.9 Å². The van der Waals surface area contributed by atoms with Crippen LogP contribution >= 0.6 is 0 Å². The van der Waals surface area contributed by atoms with Gasteiger partial charge in [-0.15, -0.1) is 0 Å². The quantitative estimate of drug-likeness (QED) is 0.215. The number of ether oxygens (including phenoxy) is 2. The first-order chi connectivity index (χ1) is 12.3. The van der Waals surface area contributed by atoms with Gasteiger partial charge in [-0.25, -0.2) is 0 Å². The number of benzene rings is 1. The van der Waals surface area contributed by atoms with Gasteiger partial charge >= 0.3 is 0 Å². The van der Waals surface area contributed by atoms with Crippen molar-refractivity contribution in [3.63, 3.8) is 0 Å². The average Bonchev–Trinajstić information content (AvgIpc) is 2.61. The normalized spacial score (nSPS) is 12.3.